The number of nitrogens with zero attached hydrogens (tertiary/aromatic N) is 1. The summed E-state index contributed by atoms with van der Waals surface area (Å²) < 4.78 is 18.7. The van der Waals surface area contributed by atoms with E-state index in [1.165, 1.54) is 30.6 Å². The van der Waals surface area contributed by atoms with Crippen molar-refractivity contribution in [3.63, 3.8) is 0 Å². The van der Waals surface area contributed by atoms with Crippen LogP contribution in [-0.2, 0) is 9.59 Å². The van der Waals surface area contributed by atoms with Crippen molar-refractivity contribution in [1.82, 2.24) is 10.3 Å². The van der Waals surface area contributed by atoms with Crippen molar-refractivity contribution >= 4 is 28.3 Å². The highest BCUT2D eigenvalue weighted by Gasteiger charge is 2.18. The van der Waals surface area contributed by atoms with Gasteiger partial charge in [0.2, 0.25) is 11.8 Å². The molecule has 0 radical (unpaired) electrons. The number of nitrogens with one attached hydrogen (secondary N) is 2. The molecule has 1 heterocycles. The molecule has 140 valence electrons. The van der Waals surface area contributed by atoms with Gasteiger partial charge in [0.15, 0.2) is 16.7 Å². The lowest BCUT2D eigenvalue weighted by Crippen LogP contribution is -2.46. The lowest BCUT2D eigenvalue weighted by molar-refractivity contribution is -0.125. The zero-order chi connectivity index (χ0) is 19.3. The molecule has 0 unspecified atom stereocenters. The Balaban J connectivity index is 1.94. The molecule has 2 amide bonds. The largest absolute Gasteiger partial charge is 0.494 e. The fourth-order valence-corrected chi connectivity index (χ4v) is 2.78. The third-order valence-electron chi connectivity index (χ3n) is 3.64. The molecule has 1 aromatic heterocycles. The second-order valence-corrected chi connectivity index (χ2v) is 6.78. The van der Waals surface area contributed by atoms with Crippen LogP contribution in [0.3, 0.4) is 0 Å². The molecule has 2 rings (SSSR count). The monoisotopic (exact) mass is 380 g/mol. The van der Waals surface area contributed by atoms with Gasteiger partial charge in [0.25, 0.3) is 0 Å². The molecule has 4 N–H and O–H groups in total. The van der Waals surface area contributed by atoms with E-state index in [1.807, 2.05) is 13.8 Å². The highest BCUT2D eigenvalue weighted by atomic mass is 32.1. The first-order chi connectivity index (χ1) is 12.3. The number of halogens is 1. The van der Waals surface area contributed by atoms with E-state index in [0.717, 1.165) is 0 Å². The van der Waals surface area contributed by atoms with Gasteiger partial charge < -0.3 is 21.1 Å². The number of amides is 2. The Morgan fingerprint density at radius 2 is 2.12 bits per heavy atom. The van der Waals surface area contributed by atoms with Crippen LogP contribution in [0.2, 0.25) is 0 Å². The first-order valence-electron chi connectivity index (χ1n) is 7.94. The minimum atomic E-state index is -0.667. The Kier molecular flexibility index (Phi) is 6.64. The molecule has 9 heteroatoms. The number of carbonyl (C=O) groups is 2. The Hall–Kier alpha value is -2.52. The topological polar surface area (TPSA) is 106 Å². The van der Waals surface area contributed by atoms with Crippen molar-refractivity contribution in [1.29, 1.82) is 0 Å². The summed E-state index contributed by atoms with van der Waals surface area (Å²) in [5, 5.41) is 7.12. The first-order valence-corrected chi connectivity index (χ1v) is 8.82. The molecule has 0 aliphatic carbocycles. The molecule has 2 aromatic rings. The minimum Gasteiger partial charge on any atom is -0.494 e. The smallest absolute Gasteiger partial charge is 0.245 e. The molecule has 0 bridgehead atoms. The third kappa shape index (κ3) is 4.99. The maximum absolute atomic E-state index is 13.8. The van der Waals surface area contributed by atoms with Crippen LogP contribution >= 0.6 is 11.3 Å². The summed E-state index contributed by atoms with van der Waals surface area (Å²) in [4.78, 5) is 27.9. The summed E-state index contributed by atoms with van der Waals surface area (Å²) in [7, 11) is 1.39. The number of nitrogens with two attached hydrogens (primary N) is 1. The maximum atomic E-state index is 13.8. The number of hydrogen-bond donors (Lipinski definition) is 3. The normalized spacial score (nSPS) is 11.9. The van der Waals surface area contributed by atoms with Crippen LogP contribution in [0, 0.1) is 11.7 Å². The van der Waals surface area contributed by atoms with Gasteiger partial charge in [-0.25, -0.2) is 9.37 Å². The van der Waals surface area contributed by atoms with Crippen LogP contribution in [0.4, 0.5) is 9.52 Å². The molecule has 0 fully saturated rings. The predicted molar refractivity (Wildman–Crippen MR) is 98.5 cm³/mol. The molecular weight excluding hydrogens is 359 g/mol. The number of rotatable bonds is 7. The van der Waals surface area contributed by atoms with Gasteiger partial charge in [0.1, 0.15) is 0 Å². The summed E-state index contributed by atoms with van der Waals surface area (Å²) in [6, 6.07) is 3.83. The van der Waals surface area contributed by atoms with Crippen molar-refractivity contribution < 1.29 is 18.7 Å². The van der Waals surface area contributed by atoms with Gasteiger partial charge >= 0.3 is 0 Å². The number of methoxy groups -OCH3 is 1. The van der Waals surface area contributed by atoms with E-state index >= 15 is 0 Å². The molecule has 1 aromatic carbocycles. The Morgan fingerprint density at radius 1 is 1.38 bits per heavy atom. The van der Waals surface area contributed by atoms with Crippen LogP contribution in [-0.4, -0.2) is 36.5 Å². The van der Waals surface area contributed by atoms with Gasteiger partial charge in [-0.15, -0.1) is 11.3 Å². The lowest BCUT2D eigenvalue weighted by atomic mass is 10.1. The molecule has 0 spiro atoms. The number of benzene rings is 1. The van der Waals surface area contributed by atoms with Gasteiger partial charge in [0, 0.05) is 10.9 Å². The number of ether oxygens (including phenoxy) is 1. The van der Waals surface area contributed by atoms with E-state index in [2.05, 4.69) is 15.6 Å². The predicted octanol–water partition coefficient (Wildman–Crippen LogP) is 2.00. The van der Waals surface area contributed by atoms with Gasteiger partial charge in [-0.2, -0.15) is 0 Å². The summed E-state index contributed by atoms with van der Waals surface area (Å²) in [6.07, 6.45) is 0. The molecule has 7 nitrogen and oxygen atoms in total. The van der Waals surface area contributed by atoms with Crippen LogP contribution in [0.25, 0.3) is 11.3 Å². The summed E-state index contributed by atoms with van der Waals surface area (Å²) >= 11 is 1.20. The van der Waals surface area contributed by atoms with Crippen LogP contribution < -0.4 is 21.1 Å². The van der Waals surface area contributed by atoms with E-state index in [9.17, 15) is 14.0 Å². The van der Waals surface area contributed by atoms with E-state index < -0.39 is 17.8 Å². The molecule has 0 aliphatic heterocycles. The zero-order valence-electron chi connectivity index (χ0n) is 14.7. The number of hydrogen-bond acceptors (Lipinski definition) is 6. The van der Waals surface area contributed by atoms with Crippen molar-refractivity contribution in [2.75, 3.05) is 19.0 Å². The quantitative estimate of drug-likeness (QED) is 0.681. The fraction of sp³-hybridized carbons (Fsp3) is 0.353. The van der Waals surface area contributed by atoms with E-state index in [4.69, 9.17) is 10.5 Å². The van der Waals surface area contributed by atoms with Gasteiger partial charge in [0.05, 0.1) is 25.4 Å². The highest BCUT2D eigenvalue weighted by molar-refractivity contribution is 7.14. The Bertz CT molecular complexity index is 794. The van der Waals surface area contributed by atoms with Crippen molar-refractivity contribution in [2.24, 2.45) is 11.7 Å². The van der Waals surface area contributed by atoms with Gasteiger partial charge in [-0.3, -0.25) is 9.59 Å². The fourth-order valence-electron chi connectivity index (χ4n) is 2.04. The molecule has 26 heavy (non-hydrogen) atoms. The van der Waals surface area contributed by atoms with Crippen molar-refractivity contribution in [3.8, 4) is 17.0 Å². The number of anilines is 1. The molecular formula is C17H21FN4O3S. The number of thiazole rings is 1. The standard InChI is InChI=1S/C17H21FN4O3S/c1-9(2)15(19)16(24)20-7-14(23)22-17-21-12(8-26-17)10-4-5-13(25-3)11(18)6-10/h4-6,8-9,15H,7,19H2,1-3H3,(H,20,24)(H,21,22,23)/t15-/m0/s1. The first kappa shape index (κ1) is 19.8. The Morgan fingerprint density at radius 3 is 2.73 bits per heavy atom. The van der Waals surface area contributed by atoms with E-state index in [1.54, 1.807) is 11.4 Å². The van der Waals surface area contributed by atoms with Crippen molar-refractivity contribution in [2.45, 2.75) is 19.9 Å². The molecule has 1 atom stereocenters. The van der Waals surface area contributed by atoms with Gasteiger partial charge in [-0.1, -0.05) is 13.8 Å². The van der Waals surface area contributed by atoms with Gasteiger partial charge in [-0.05, 0) is 24.1 Å². The maximum Gasteiger partial charge on any atom is 0.245 e. The second kappa shape index (κ2) is 8.72. The molecule has 0 saturated heterocycles. The molecule has 0 aliphatic rings. The summed E-state index contributed by atoms with van der Waals surface area (Å²) in [5.74, 6) is -1.18. The van der Waals surface area contributed by atoms with Crippen LogP contribution in [0.5, 0.6) is 5.75 Å². The Labute approximate surface area is 154 Å². The van der Waals surface area contributed by atoms with E-state index in [0.29, 0.717) is 16.4 Å². The van der Waals surface area contributed by atoms with Crippen molar-refractivity contribution in [3.05, 3.63) is 29.4 Å². The SMILES string of the molecule is COc1ccc(-c2csc(NC(=O)CNC(=O)[C@@H](N)C(C)C)n2)cc1F. The lowest BCUT2D eigenvalue weighted by Gasteiger charge is -2.14. The average molecular weight is 380 g/mol. The second-order valence-electron chi connectivity index (χ2n) is 5.92. The van der Waals surface area contributed by atoms with Crippen LogP contribution in [0.15, 0.2) is 23.6 Å². The number of aromatic nitrogens is 1. The third-order valence-corrected chi connectivity index (χ3v) is 4.40. The average Bonchev–Trinajstić information content (AvgIpc) is 3.07. The summed E-state index contributed by atoms with van der Waals surface area (Å²) in [6.45, 7) is 3.44. The molecule has 0 saturated carbocycles. The van der Waals surface area contributed by atoms with Crippen LogP contribution in [0.1, 0.15) is 13.8 Å². The minimum absolute atomic E-state index is 0.0236. The van der Waals surface area contributed by atoms with E-state index in [-0.39, 0.29) is 24.1 Å². The zero-order valence-corrected chi connectivity index (χ0v) is 15.5. The number of carbonyl (C=O) groups excluding carboxylic acids is 2. The summed E-state index contributed by atoms with van der Waals surface area (Å²) in [5.41, 5.74) is 6.80. The highest BCUT2D eigenvalue weighted by Crippen LogP contribution is 2.28.